The molecule has 2 aliphatic heterocycles. The molecule has 148 valence electrons. The van der Waals surface area contributed by atoms with Crippen LogP contribution in [0.2, 0.25) is 0 Å². The number of hydrogen-bond acceptors (Lipinski definition) is 4. The van der Waals surface area contributed by atoms with Crippen LogP contribution in [0.3, 0.4) is 0 Å². The molecule has 0 spiro atoms. The summed E-state index contributed by atoms with van der Waals surface area (Å²) in [6.07, 6.45) is 3.23. The topological polar surface area (TPSA) is 44.9 Å². The highest BCUT2D eigenvalue weighted by molar-refractivity contribution is 5.96. The molecule has 0 amide bonds. The molecule has 1 N–H and O–H groups in total. The van der Waals surface area contributed by atoms with Crippen LogP contribution >= 0.6 is 0 Å². The molecular weight excluding hydrogens is 352 g/mol. The minimum Gasteiger partial charge on any atom is -0.494 e. The van der Waals surface area contributed by atoms with E-state index in [1.165, 1.54) is 5.84 Å². The molecule has 1 atom stereocenters. The molecule has 5 heteroatoms. The average Bonchev–Trinajstić information content (AvgIpc) is 3.04. The molecule has 1 unspecified atom stereocenters. The third-order valence-corrected chi connectivity index (χ3v) is 5.57. The van der Waals surface area contributed by atoms with Crippen LogP contribution in [-0.4, -0.2) is 41.8 Å². The summed E-state index contributed by atoms with van der Waals surface area (Å²) in [6, 6.07) is 16.0. The number of rotatable bonds is 6. The normalized spacial score (nSPS) is 21.6. The first-order valence-electron chi connectivity index (χ1n) is 10.3. The highest BCUT2D eigenvalue weighted by atomic mass is 16.5. The van der Waals surface area contributed by atoms with Crippen molar-refractivity contribution in [2.45, 2.75) is 38.8 Å². The molecule has 28 heavy (non-hydrogen) atoms. The van der Waals surface area contributed by atoms with Gasteiger partial charge in [0.2, 0.25) is 0 Å². The summed E-state index contributed by atoms with van der Waals surface area (Å²) in [5, 5.41) is 11.7. The van der Waals surface area contributed by atoms with E-state index in [-0.39, 0.29) is 0 Å². The van der Waals surface area contributed by atoms with Crippen molar-refractivity contribution in [3.8, 4) is 11.5 Å². The van der Waals surface area contributed by atoms with Gasteiger partial charge in [-0.25, -0.2) is 9.48 Å². The second-order valence-electron chi connectivity index (χ2n) is 7.31. The van der Waals surface area contributed by atoms with Gasteiger partial charge < -0.3 is 14.6 Å². The van der Waals surface area contributed by atoms with Crippen molar-refractivity contribution >= 4 is 11.5 Å². The van der Waals surface area contributed by atoms with Crippen molar-refractivity contribution in [1.82, 2.24) is 0 Å². The molecule has 5 nitrogen and oxygen atoms in total. The van der Waals surface area contributed by atoms with E-state index in [1.807, 2.05) is 50.2 Å². The van der Waals surface area contributed by atoms with Crippen LogP contribution in [0, 0.1) is 0 Å². The number of β-amino-alcohol motifs (C(OH)–C–C–N with tert-alkyl or cyclic N) is 1. The van der Waals surface area contributed by atoms with Gasteiger partial charge in [0.15, 0.2) is 6.54 Å². The highest BCUT2D eigenvalue weighted by Crippen LogP contribution is 2.36. The Kier molecular flexibility index (Phi) is 5.27. The smallest absolute Gasteiger partial charge is 0.271 e. The van der Waals surface area contributed by atoms with E-state index in [0.717, 1.165) is 48.6 Å². The summed E-state index contributed by atoms with van der Waals surface area (Å²) in [7, 11) is 0. The third-order valence-electron chi connectivity index (χ3n) is 5.57. The van der Waals surface area contributed by atoms with Gasteiger partial charge in [0.25, 0.3) is 11.6 Å². The first-order chi connectivity index (χ1) is 13.7. The standard InChI is InChI=1S/C23H29N2O3/c1-3-27-20-12-8-18(9-13-20)23(26)17-24(22-7-5-6-16-25(22)23)19-10-14-21(15-11-19)28-4-2/h8-15,26H,3-7,16-17H2,1-2H3/q+1. The van der Waals surface area contributed by atoms with Crippen LogP contribution in [0.5, 0.6) is 11.5 Å². The van der Waals surface area contributed by atoms with Crippen LogP contribution in [0.15, 0.2) is 48.5 Å². The Hall–Kier alpha value is -2.53. The molecule has 0 bridgehead atoms. The molecule has 2 heterocycles. The summed E-state index contributed by atoms with van der Waals surface area (Å²) in [6.45, 7) is 6.64. The maximum atomic E-state index is 11.7. The minimum atomic E-state index is -1.03. The molecule has 2 aromatic rings. The predicted molar refractivity (Wildman–Crippen MR) is 110 cm³/mol. The fourth-order valence-electron chi connectivity index (χ4n) is 4.25. The molecule has 0 saturated carbocycles. The molecule has 0 radical (unpaired) electrons. The quantitative estimate of drug-likeness (QED) is 0.774. The Bertz CT molecular complexity index is 845. The number of benzene rings is 2. The molecule has 0 aromatic heterocycles. The minimum absolute atomic E-state index is 0.518. The van der Waals surface area contributed by atoms with Crippen molar-refractivity contribution in [2.24, 2.45) is 0 Å². The van der Waals surface area contributed by atoms with Gasteiger partial charge in [0.05, 0.1) is 19.8 Å². The zero-order valence-corrected chi connectivity index (χ0v) is 16.7. The fourth-order valence-corrected chi connectivity index (χ4v) is 4.25. The SMILES string of the molecule is CCOc1ccc(N2CC(O)(c3ccc(OCC)cc3)[N+]3=C2CCCC3)cc1. The summed E-state index contributed by atoms with van der Waals surface area (Å²) >= 11 is 0. The zero-order chi connectivity index (χ0) is 19.6. The van der Waals surface area contributed by atoms with Crippen LogP contribution < -0.4 is 14.4 Å². The maximum Gasteiger partial charge on any atom is 0.271 e. The van der Waals surface area contributed by atoms with Crippen molar-refractivity contribution in [3.05, 3.63) is 54.1 Å². The molecular formula is C23H29N2O3+. The summed E-state index contributed by atoms with van der Waals surface area (Å²) < 4.78 is 13.3. The van der Waals surface area contributed by atoms with Crippen molar-refractivity contribution in [1.29, 1.82) is 0 Å². The van der Waals surface area contributed by atoms with Crippen molar-refractivity contribution in [3.63, 3.8) is 0 Å². The first kappa shape index (κ1) is 18.8. The fraction of sp³-hybridized carbons (Fsp3) is 0.435. The van der Waals surface area contributed by atoms with Gasteiger partial charge in [-0.15, -0.1) is 0 Å². The van der Waals surface area contributed by atoms with Gasteiger partial charge in [-0.05, 0) is 75.2 Å². The van der Waals surface area contributed by atoms with E-state index in [0.29, 0.717) is 19.8 Å². The number of aliphatic hydroxyl groups is 1. The van der Waals surface area contributed by atoms with E-state index < -0.39 is 5.72 Å². The van der Waals surface area contributed by atoms with Crippen LogP contribution in [0.1, 0.15) is 38.7 Å². The second kappa shape index (κ2) is 7.84. The van der Waals surface area contributed by atoms with Gasteiger partial charge in [-0.2, -0.15) is 0 Å². The van der Waals surface area contributed by atoms with E-state index in [2.05, 4.69) is 21.6 Å². The average molecular weight is 381 g/mol. The van der Waals surface area contributed by atoms with E-state index in [9.17, 15) is 5.11 Å². The molecule has 4 rings (SSSR count). The lowest BCUT2D eigenvalue weighted by Gasteiger charge is -2.24. The number of nitrogens with zero attached hydrogens (tertiary/aromatic N) is 2. The number of ether oxygens (including phenoxy) is 2. The highest BCUT2D eigenvalue weighted by Gasteiger charge is 2.52. The van der Waals surface area contributed by atoms with Crippen molar-refractivity contribution in [2.75, 3.05) is 31.2 Å². The van der Waals surface area contributed by atoms with Crippen LogP contribution in [0.4, 0.5) is 5.69 Å². The monoisotopic (exact) mass is 381 g/mol. The van der Waals surface area contributed by atoms with E-state index >= 15 is 0 Å². The lowest BCUT2D eigenvalue weighted by Crippen LogP contribution is -2.41. The molecule has 2 aromatic carbocycles. The lowest BCUT2D eigenvalue weighted by molar-refractivity contribution is -0.661. The van der Waals surface area contributed by atoms with Gasteiger partial charge in [-0.3, -0.25) is 0 Å². The second-order valence-corrected chi connectivity index (χ2v) is 7.31. The third kappa shape index (κ3) is 3.35. The lowest BCUT2D eigenvalue weighted by atomic mass is 10.0. The Balaban J connectivity index is 1.67. The van der Waals surface area contributed by atoms with E-state index in [4.69, 9.17) is 9.47 Å². The van der Waals surface area contributed by atoms with Crippen LogP contribution in [0.25, 0.3) is 0 Å². The van der Waals surface area contributed by atoms with Gasteiger partial charge >= 0.3 is 0 Å². The molecule has 0 aliphatic carbocycles. The molecule has 2 aliphatic rings. The molecule has 0 saturated heterocycles. The Labute approximate surface area is 166 Å². The van der Waals surface area contributed by atoms with Gasteiger partial charge in [0.1, 0.15) is 17.2 Å². The Morgan fingerprint density at radius 2 is 1.54 bits per heavy atom. The maximum absolute atomic E-state index is 11.7. The summed E-state index contributed by atoms with van der Waals surface area (Å²) in [5.41, 5.74) is 0.968. The van der Waals surface area contributed by atoms with Gasteiger partial charge in [-0.1, -0.05) is 0 Å². The van der Waals surface area contributed by atoms with Gasteiger partial charge in [0, 0.05) is 12.0 Å². The largest absolute Gasteiger partial charge is 0.494 e. The number of amidine groups is 1. The number of hydrogen-bond donors (Lipinski definition) is 1. The van der Waals surface area contributed by atoms with E-state index in [1.54, 1.807) is 0 Å². The number of anilines is 1. The van der Waals surface area contributed by atoms with Crippen LogP contribution in [-0.2, 0) is 5.72 Å². The first-order valence-corrected chi connectivity index (χ1v) is 10.3. The Morgan fingerprint density at radius 1 is 0.929 bits per heavy atom. The zero-order valence-electron chi connectivity index (χ0n) is 16.7. The summed E-state index contributed by atoms with van der Waals surface area (Å²) in [5.74, 6) is 2.91. The summed E-state index contributed by atoms with van der Waals surface area (Å²) in [4.78, 5) is 2.26. The predicted octanol–water partition coefficient (Wildman–Crippen LogP) is 3.74. The molecule has 0 fully saturated rings. The van der Waals surface area contributed by atoms with Crippen molar-refractivity contribution < 1.29 is 19.2 Å². The Morgan fingerprint density at radius 3 is 2.14 bits per heavy atom.